The van der Waals surface area contributed by atoms with Crippen molar-refractivity contribution in [3.05, 3.63) is 30.5 Å². The topological polar surface area (TPSA) is 27.7 Å². The molecule has 4 nitrogen and oxygen atoms in total. The zero-order valence-electron chi connectivity index (χ0n) is 49.1. The standard InChI is InChI=1S/C47H51B23N4S/c48-16-10-11-17(49)23(55)28(60)33(65)40(11)72(39(10)32(64)27(59)22(16)54)6-1-2-9-8(5-6)7-3-4-71-47(46(7)75-9)74-43-14(20(52)26(58)31(63)36(43)68)15-21(53)45(38(70)37(69)44(15)74)73-41-12(18(50)24(56)29(61)34(41)66)13-19(51)25(57)30(62)35(67)42(13)73/h1-5H,48-70H2. The Kier molecular flexibility index (Phi) is 11.4. The Morgan fingerprint density at radius 2 is 0.613 bits per heavy atom. The average Bonchev–Trinajstić information content (AvgIpc) is 4.18. The van der Waals surface area contributed by atoms with Gasteiger partial charge in [-0.25, -0.2) is 4.98 Å². The molecule has 12 rings (SSSR count). The van der Waals surface area contributed by atoms with E-state index >= 15 is 0 Å². The van der Waals surface area contributed by atoms with Gasteiger partial charge in [0.1, 0.15) is 180 Å². The number of fused-ring (bicyclic) bond motifs is 12. The molecule has 75 heavy (non-hydrogen) atoms. The molecular formula is C47H51B23N4S. The van der Waals surface area contributed by atoms with Crippen molar-refractivity contribution in [2.45, 2.75) is 0 Å². The summed E-state index contributed by atoms with van der Waals surface area (Å²) in [6.45, 7) is 0. The smallest absolute Gasteiger partial charge is 0.155 e. The lowest BCUT2D eigenvalue weighted by molar-refractivity contribution is 1.11. The molecule has 5 aromatic heterocycles. The Morgan fingerprint density at radius 1 is 0.293 bits per heavy atom. The van der Waals surface area contributed by atoms with E-state index in [2.05, 4.69) is 225 Å². The molecule has 0 fully saturated rings. The SMILES string of the molecule is Bc1c(B)c(B)c2c(c1B)c1c(B)c(B)c(B)c(B)c1n2-c1ccc2sc3c(-n4c5c(B)c(B)c(B)c(B)c5c5c(B)c(-n6c7c(B)c(B)c(B)c(B)c7c7c(B)c(B)c(B)c(B)c76)c(B)c(B)c54)nccc3c2c1. The van der Waals surface area contributed by atoms with E-state index in [-0.39, 0.29) is 0 Å². The molecule has 0 aliphatic rings. The first-order valence-electron chi connectivity index (χ1n) is 27.3. The fraction of sp³-hybridized carbons (Fsp3) is 0. The van der Waals surface area contributed by atoms with Crippen LogP contribution in [0, 0.1) is 0 Å². The van der Waals surface area contributed by atoms with Gasteiger partial charge >= 0.3 is 0 Å². The van der Waals surface area contributed by atoms with Gasteiger partial charge < -0.3 is 9.13 Å². The summed E-state index contributed by atoms with van der Waals surface area (Å²) in [6.07, 6.45) is 2.07. The first-order chi connectivity index (χ1) is 35.4. The van der Waals surface area contributed by atoms with Crippen LogP contribution in [0.2, 0.25) is 0 Å². The van der Waals surface area contributed by atoms with Crippen LogP contribution in [0.1, 0.15) is 0 Å². The fourth-order valence-electron chi connectivity index (χ4n) is 14.4. The maximum Gasteiger partial charge on any atom is 0.155 e. The van der Waals surface area contributed by atoms with Gasteiger partial charge in [-0.3, -0.25) is 4.57 Å². The number of thiophene rings is 1. The summed E-state index contributed by atoms with van der Waals surface area (Å²) in [5.74, 6) is 1.01. The number of benzene rings is 7. The van der Waals surface area contributed by atoms with Crippen LogP contribution < -0.4 is 126 Å². The van der Waals surface area contributed by atoms with E-state index in [9.17, 15) is 0 Å². The third-order valence-electron chi connectivity index (χ3n) is 20.6. The second-order valence-electron chi connectivity index (χ2n) is 23.4. The van der Waals surface area contributed by atoms with Crippen molar-refractivity contribution in [3.8, 4) is 17.2 Å². The molecule has 0 aliphatic carbocycles. The van der Waals surface area contributed by atoms with Crippen LogP contribution in [0.5, 0.6) is 0 Å². The lowest BCUT2D eigenvalue weighted by atomic mass is 9.63. The van der Waals surface area contributed by atoms with Gasteiger partial charge in [0.25, 0.3) is 0 Å². The minimum Gasteiger partial charge on any atom is -0.312 e. The molecule has 28 heteroatoms. The Morgan fingerprint density at radius 3 is 1.00 bits per heavy atom. The van der Waals surface area contributed by atoms with Crippen molar-refractivity contribution in [2.24, 2.45) is 0 Å². The Balaban J connectivity index is 1.21. The van der Waals surface area contributed by atoms with Crippen LogP contribution in [-0.4, -0.2) is 199 Å². The fourth-order valence-corrected chi connectivity index (χ4v) is 15.6. The third kappa shape index (κ3) is 6.24. The molecule has 0 saturated carbocycles. The predicted octanol–water partition coefficient (Wildman–Crippen LogP) is -27.3. The summed E-state index contributed by atoms with van der Waals surface area (Å²) in [5.41, 5.74) is 41.8. The number of pyridine rings is 1. The minimum absolute atomic E-state index is 1.01. The molecule has 12 aromatic rings. The number of hydrogen-bond acceptors (Lipinski definition) is 2. The average molecular weight is 953 g/mol. The van der Waals surface area contributed by atoms with Crippen LogP contribution in [0.3, 0.4) is 0 Å². The molecule has 0 amide bonds. The van der Waals surface area contributed by atoms with Crippen molar-refractivity contribution in [2.75, 3.05) is 0 Å². The molecule has 0 unspecified atom stereocenters. The molecule has 0 spiro atoms. The van der Waals surface area contributed by atoms with Crippen molar-refractivity contribution >= 4 is 403 Å². The molecule has 0 bridgehead atoms. The predicted molar refractivity (Wildman–Crippen MR) is 408 cm³/mol. The summed E-state index contributed by atoms with van der Waals surface area (Å²) >= 11 is 1.89. The monoisotopic (exact) mass is 957 g/mol. The van der Waals surface area contributed by atoms with E-state index in [4.69, 9.17) is 4.98 Å². The highest BCUT2D eigenvalue weighted by atomic mass is 32.1. The van der Waals surface area contributed by atoms with Gasteiger partial charge in [0.2, 0.25) is 0 Å². The van der Waals surface area contributed by atoms with Crippen molar-refractivity contribution < 1.29 is 0 Å². The molecule has 0 aliphatic heterocycles. The van der Waals surface area contributed by atoms with Gasteiger partial charge in [-0.2, -0.15) is 0 Å². The second kappa shape index (κ2) is 16.9. The molecule has 0 saturated heterocycles. The first kappa shape index (κ1) is 50.6. The van der Waals surface area contributed by atoms with Crippen LogP contribution in [0.25, 0.3) is 103 Å². The van der Waals surface area contributed by atoms with Crippen LogP contribution in [-0.2, 0) is 0 Å². The molecule has 7 aromatic carbocycles. The van der Waals surface area contributed by atoms with Crippen molar-refractivity contribution in [3.63, 3.8) is 0 Å². The number of hydrogen-bond donors (Lipinski definition) is 0. The zero-order chi connectivity index (χ0) is 53.9. The van der Waals surface area contributed by atoms with Gasteiger partial charge in [0.05, 0.1) is 4.70 Å². The Hall–Kier alpha value is -5.20. The summed E-state index contributed by atoms with van der Waals surface area (Å²) in [7, 11) is 53.9. The number of nitrogens with zero attached hydrogens (tertiary/aromatic N) is 4. The highest BCUT2D eigenvalue weighted by Gasteiger charge is 2.31. The summed E-state index contributed by atoms with van der Waals surface area (Å²) in [6, 6.07) is 9.52. The van der Waals surface area contributed by atoms with Crippen molar-refractivity contribution in [1.29, 1.82) is 0 Å². The number of rotatable bonds is 3. The summed E-state index contributed by atoms with van der Waals surface area (Å²) < 4.78 is 10.4. The van der Waals surface area contributed by atoms with Gasteiger partial charge in [0.15, 0.2) is 5.82 Å². The molecular weight excluding hydrogens is 901 g/mol. The lowest BCUT2D eigenvalue weighted by Gasteiger charge is -2.23. The zero-order valence-corrected chi connectivity index (χ0v) is 49.9. The second-order valence-corrected chi connectivity index (χ2v) is 24.4. The van der Waals surface area contributed by atoms with E-state index < -0.39 is 0 Å². The summed E-state index contributed by atoms with van der Waals surface area (Å²) in [5, 5.41) is 10.8. The Labute approximate surface area is 466 Å². The highest BCUT2D eigenvalue weighted by Crippen LogP contribution is 2.41. The molecule has 334 valence electrons. The van der Waals surface area contributed by atoms with Gasteiger partial charge in [-0.15, -0.1) is 38.7 Å². The summed E-state index contributed by atoms with van der Waals surface area (Å²) in [4.78, 5) is 5.50. The lowest BCUT2D eigenvalue weighted by Crippen LogP contribution is -2.49. The normalized spacial score (nSPS) is 12.2. The molecule has 0 atom stereocenters. The van der Waals surface area contributed by atoms with Crippen molar-refractivity contribution in [1.82, 2.24) is 18.7 Å². The van der Waals surface area contributed by atoms with E-state index in [1.165, 1.54) is 223 Å². The molecule has 0 radical (unpaired) electrons. The van der Waals surface area contributed by atoms with E-state index in [0.29, 0.717) is 0 Å². The van der Waals surface area contributed by atoms with Gasteiger partial charge in [-0.05, 0) is 51.2 Å². The third-order valence-corrected chi connectivity index (χ3v) is 21.8. The van der Waals surface area contributed by atoms with Crippen LogP contribution in [0.15, 0.2) is 30.5 Å². The van der Waals surface area contributed by atoms with E-state index in [0.717, 1.165) is 5.82 Å². The van der Waals surface area contributed by atoms with E-state index in [1.807, 2.05) is 11.3 Å². The van der Waals surface area contributed by atoms with Crippen LogP contribution in [0.4, 0.5) is 0 Å². The molecule has 5 heterocycles. The minimum atomic E-state index is 1.01. The van der Waals surface area contributed by atoms with Gasteiger partial charge in [0, 0.05) is 71.5 Å². The maximum atomic E-state index is 5.50. The van der Waals surface area contributed by atoms with Gasteiger partial charge in [-0.1, -0.05) is 98.3 Å². The number of aromatic nitrogens is 4. The maximum absolute atomic E-state index is 5.50. The Bertz CT molecular complexity index is 4610. The first-order valence-corrected chi connectivity index (χ1v) is 28.1. The highest BCUT2D eigenvalue weighted by molar-refractivity contribution is 7.26. The van der Waals surface area contributed by atoms with E-state index in [1.54, 1.807) is 0 Å². The largest absolute Gasteiger partial charge is 0.312 e. The van der Waals surface area contributed by atoms with Crippen LogP contribution >= 0.6 is 11.3 Å². The quantitative estimate of drug-likeness (QED) is 0.162. The molecule has 0 N–H and O–H groups in total.